The Morgan fingerprint density at radius 3 is 0.875 bits per heavy atom. The molecule has 0 rings (SSSR count). The monoisotopic (exact) mass is 334 g/mol. The fourth-order valence-electron chi connectivity index (χ4n) is 0. The molecule has 0 atom stereocenters. The van der Waals surface area contributed by atoms with Crippen molar-refractivity contribution in [2.75, 3.05) is 0 Å². The van der Waals surface area contributed by atoms with Gasteiger partial charge in [0.1, 0.15) is 0 Å². The second-order valence-electron chi connectivity index (χ2n) is 0.600. The fourth-order valence-corrected chi connectivity index (χ4v) is 0. The van der Waals surface area contributed by atoms with Crippen LogP contribution in [0, 0.1) is 0 Å². The average Bonchev–Trinajstić information content (AvgIpc) is 0.722. The quantitative estimate of drug-likeness (QED) is 0.335. The van der Waals surface area contributed by atoms with Crippen LogP contribution in [0.3, 0.4) is 0 Å². The molecule has 0 aromatic carbocycles. The van der Waals surface area contributed by atoms with Gasteiger partial charge in [-0.1, -0.05) is 0 Å². The van der Waals surface area contributed by atoms with Gasteiger partial charge in [-0.15, -0.1) is 0 Å². The fraction of sp³-hybridized carbons (Fsp3) is 0. The molecule has 0 saturated heterocycles. The Morgan fingerprint density at radius 2 is 0.875 bits per heavy atom. The molecule has 0 heterocycles. The summed E-state index contributed by atoms with van der Waals surface area (Å²) < 4.78 is 0. The summed E-state index contributed by atoms with van der Waals surface area (Å²) in [5.41, 5.74) is 0. The molecule has 0 spiro atoms. The Hall–Kier alpha value is 3.71. The molecule has 0 bridgehead atoms. The summed E-state index contributed by atoms with van der Waals surface area (Å²) in [6.07, 6.45) is 0. The van der Waals surface area contributed by atoms with Crippen molar-refractivity contribution in [3.8, 4) is 0 Å². The summed E-state index contributed by atoms with van der Waals surface area (Å²) in [7, 11) is -4.61. The van der Waals surface area contributed by atoms with Crippen molar-refractivity contribution in [2.45, 2.75) is 0 Å². The standard InChI is InChI=1S/Ba.Li.H4O4Si.Sr.5H/c;;1-5(2,3)4;;;;;;/h;;1-4H;;;;;;. The van der Waals surface area contributed by atoms with Crippen LogP contribution in [0.15, 0.2) is 0 Å². The summed E-state index contributed by atoms with van der Waals surface area (Å²) in [4.78, 5) is 29.3. The topological polar surface area (TPSA) is 80.9 Å². The minimum atomic E-state index is -4.61. The summed E-state index contributed by atoms with van der Waals surface area (Å²) in [5, 5.41) is 0. The Bertz CT molecular complexity index is 31.5. The van der Waals surface area contributed by atoms with E-state index in [0.717, 1.165) is 0 Å². The predicted octanol–water partition coefficient (Wildman–Crippen LogP) is -5.09. The Balaban J connectivity index is -0.0000000267. The number of hydrogen-bond donors (Lipinski definition) is 4. The second kappa shape index (κ2) is 10.7. The van der Waals surface area contributed by atoms with Crippen molar-refractivity contribution >= 4 is 122 Å². The predicted molar refractivity (Wildman–Crippen MR) is 38.9 cm³/mol. The van der Waals surface area contributed by atoms with Gasteiger partial charge in [0.05, 0.1) is 0 Å². The molecule has 0 unspecified atom stereocenters. The average molecular weight is 333 g/mol. The van der Waals surface area contributed by atoms with Gasteiger partial charge < -0.3 is 19.2 Å². The molecule has 0 saturated carbocycles. The molecular formula is H9BaLiO4SiSr. The van der Waals surface area contributed by atoms with E-state index in [1.165, 1.54) is 0 Å². The van der Waals surface area contributed by atoms with Crippen LogP contribution in [0.25, 0.3) is 0 Å². The molecule has 0 aromatic heterocycles. The molecular weight excluding hydrogens is 324 g/mol. The third kappa shape index (κ3) is 53.6. The van der Waals surface area contributed by atoms with E-state index in [2.05, 4.69) is 0 Å². The van der Waals surface area contributed by atoms with Crippen molar-refractivity contribution < 1.29 is 19.2 Å². The molecule has 42 valence electrons. The first-order chi connectivity index (χ1) is 2.00. The van der Waals surface area contributed by atoms with Gasteiger partial charge in [-0.05, 0) is 0 Å². The molecule has 0 aliphatic rings. The maximum absolute atomic E-state index is 7.33. The summed E-state index contributed by atoms with van der Waals surface area (Å²) in [5.74, 6) is 0. The van der Waals surface area contributed by atoms with Gasteiger partial charge in [0.2, 0.25) is 0 Å². The minimum absolute atomic E-state index is 0. The van der Waals surface area contributed by atoms with Crippen molar-refractivity contribution in [3.63, 3.8) is 0 Å². The molecule has 8 heavy (non-hydrogen) atoms. The van der Waals surface area contributed by atoms with Gasteiger partial charge in [0.25, 0.3) is 0 Å². The van der Waals surface area contributed by atoms with E-state index >= 15 is 0 Å². The van der Waals surface area contributed by atoms with Gasteiger partial charge in [-0.25, -0.2) is 0 Å². The van der Waals surface area contributed by atoms with E-state index in [1.54, 1.807) is 0 Å². The van der Waals surface area contributed by atoms with E-state index in [4.69, 9.17) is 19.2 Å². The first-order valence-electron chi connectivity index (χ1n) is 0.894. The van der Waals surface area contributed by atoms with Crippen LogP contribution in [-0.4, -0.2) is 141 Å². The van der Waals surface area contributed by atoms with Crippen molar-refractivity contribution in [2.24, 2.45) is 0 Å². The van der Waals surface area contributed by atoms with Crippen molar-refractivity contribution in [1.29, 1.82) is 0 Å². The Morgan fingerprint density at radius 1 is 0.875 bits per heavy atom. The molecule has 0 fully saturated rings. The molecule has 0 amide bonds. The number of rotatable bonds is 0. The van der Waals surface area contributed by atoms with E-state index in [9.17, 15) is 0 Å². The van der Waals surface area contributed by atoms with Crippen LogP contribution in [0.2, 0.25) is 0 Å². The molecule has 0 radical (unpaired) electrons. The van der Waals surface area contributed by atoms with Gasteiger partial charge in [-0.2, -0.15) is 0 Å². The zero-order valence-electron chi connectivity index (χ0n) is 2.29. The number of hydrogen-bond acceptors (Lipinski definition) is 4. The summed E-state index contributed by atoms with van der Waals surface area (Å²) in [6, 6.07) is 0. The summed E-state index contributed by atoms with van der Waals surface area (Å²) >= 11 is 0. The zero-order chi connectivity index (χ0) is 4.50. The third-order valence-electron chi connectivity index (χ3n) is 0. The van der Waals surface area contributed by atoms with E-state index in [0.29, 0.717) is 0 Å². The van der Waals surface area contributed by atoms with Crippen LogP contribution in [0.4, 0.5) is 0 Å². The molecule has 0 aromatic rings. The Labute approximate surface area is 138 Å². The molecule has 0 aliphatic carbocycles. The van der Waals surface area contributed by atoms with E-state index in [-0.39, 0.29) is 113 Å². The van der Waals surface area contributed by atoms with Crippen LogP contribution in [-0.2, 0) is 0 Å². The van der Waals surface area contributed by atoms with Crippen molar-refractivity contribution in [3.05, 3.63) is 0 Å². The molecule has 8 heteroatoms. The normalized spacial score (nSPS) is 7.50. The van der Waals surface area contributed by atoms with E-state index < -0.39 is 9.05 Å². The van der Waals surface area contributed by atoms with Gasteiger partial charge in [0.15, 0.2) is 0 Å². The molecule has 4 N–H and O–H groups in total. The van der Waals surface area contributed by atoms with Gasteiger partial charge in [-0.3, -0.25) is 0 Å². The maximum atomic E-state index is 7.33. The van der Waals surface area contributed by atoms with Crippen LogP contribution in [0.1, 0.15) is 0 Å². The van der Waals surface area contributed by atoms with Gasteiger partial charge >= 0.3 is 122 Å². The third-order valence-corrected chi connectivity index (χ3v) is 0. The van der Waals surface area contributed by atoms with E-state index in [1.807, 2.05) is 0 Å². The first kappa shape index (κ1) is 22.6. The van der Waals surface area contributed by atoms with Crippen LogP contribution < -0.4 is 0 Å². The summed E-state index contributed by atoms with van der Waals surface area (Å²) in [6.45, 7) is 0. The van der Waals surface area contributed by atoms with Crippen LogP contribution in [0.5, 0.6) is 0 Å². The first-order valence-corrected chi connectivity index (χ1v) is 2.68. The SMILES string of the molecule is O[Si](O)(O)O.[BaH2].[LiH].[SrH2]. The molecule has 0 aliphatic heterocycles. The van der Waals surface area contributed by atoms with Crippen molar-refractivity contribution in [1.82, 2.24) is 0 Å². The Kier molecular flexibility index (Phi) is 30.2. The zero-order valence-corrected chi connectivity index (χ0v) is 3.29. The van der Waals surface area contributed by atoms with Crippen LogP contribution >= 0.6 is 0 Å². The van der Waals surface area contributed by atoms with Gasteiger partial charge in [0, 0.05) is 0 Å². The molecule has 4 nitrogen and oxygen atoms in total. The second-order valence-corrected chi connectivity index (χ2v) is 1.80.